The van der Waals surface area contributed by atoms with E-state index >= 15 is 0 Å². The van der Waals surface area contributed by atoms with E-state index in [1.54, 1.807) is 18.6 Å². The molecule has 0 radical (unpaired) electrons. The molecule has 0 fully saturated rings. The van der Waals surface area contributed by atoms with Gasteiger partial charge in [0.2, 0.25) is 0 Å². The van der Waals surface area contributed by atoms with Crippen molar-refractivity contribution in [3.63, 3.8) is 0 Å². The summed E-state index contributed by atoms with van der Waals surface area (Å²) in [6.07, 6.45) is 6.61. The predicted molar refractivity (Wildman–Crippen MR) is 49.7 cm³/mol. The highest BCUT2D eigenvalue weighted by atomic mass is 14.9. The fourth-order valence-corrected chi connectivity index (χ4v) is 1.04. The van der Waals surface area contributed by atoms with Crippen molar-refractivity contribution in [3.05, 3.63) is 36.9 Å². The molecule has 2 aromatic rings. The van der Waals surface area contributed by atoms with Crippen molar-refractivity contribution in [2.45, 2.75) is 0 Å². The molecule has 0 aliphatic heterocycles. The number of nitrogens with two attached hydrogens (primary N) is 1. The van der Waals surface area contributed by atoms with Crippen molar-refractivity contribution in [2.75, 3.05) is 5.73 Å². The number of hydrogen-bond donors (Lipinski definition) is 1. The molecule has 0 unspecified atom stereocenters. The average molecular weight is 172 g/mol. The molecule has 2 rings (SSSR count). The van der Waals surface area contributed by atoms with Crippen LogP contribution in [0.15, 0.2) is 36.9 Å². The molecule has 0 aliphatic rings. The van der Waals surface area contributed by atoms with Crippen molar-refractivity contribution >= 4 is 5.82 Å². The maximum Gasteiger partial charge on any atom is 0.142 e. The highest BCUT2D eigenvalue weighted by Gasteiger charge is 1.98. The third-order valence-corrected chi connectivity index (χ3v) is 1.63. The molecule has 2 heterocycles. The van der Waals surface area contributed by atoms with Gasteiger partial charge < -0.3 is 5.73 Å². The first kappa shape index (κ1) is 7.67. The maximum absolute atomic E-state index is 5.51. The van der Waals surface area contributed by atoms with Crippen molar-refractivity contribution in [3.8, 4) is 11.3 Å². The lowest BCUT2D eigenvalue weighted by molar-refractivity contribution is 1.21. The van der Waals surface area contributed by atoms with Gasteiger partial charge in [-0.15, -0.1) is 0 Å². The first-order valence-electron chi connectivity index (χ1n) is 3.84. The third-order valence-electron chi connectivity index (χ3n) is 1.63. The number of nitrogens with zero attached hydrogens (tertiary/aromatic N) is 3. The van der Waals surface area contributed by atoms with Gasteiger partial charge in [0.1, 0.15) is 5.82 Å². The highest BCUT2D eigenvalue weighted by Crippen LogP contribution is 2.14. The number of hydrogen-bond acceptors (Lipinski definition) is 4. The standard InChI is InChI=1S/C9H8N4/c10-9-6-12-5-8(13-9)7-1-3-11-4-2-7/h1-6H,(H2,10,13). The van der Waals surface area contributed by atoms with Crippen LogP contribution in [0.25, 0.3) is 11.3 Å². The lowest BCUT2D eigenvalue weighted by Crippen LogP contribution is -1.93. The van der Waals surface area contributed by atoms with Crippen molar-refractivity contribution in [1.29, 1.82) is 0 Å². The van der Waals surface area contributed by atoms with Gasteiger partial charge in [0.05, 0.1) is 18.1 Å². The predicted octanol–water partition coefficient (Wildman–Crippen LogP) is 1.12. The minimum absolute atomic E-state index is 0.425. The van der Waals surface area contributed by atoms with Gasteiger partial charge in [-0.2, -0.15) is 0 Å². The van der Waals surface area contributed by atoms with E-state index in [9.17, 15) is 0 Å². The van der Waals surface area contributed by atoms with Crippen LogP contribution in [-0.4, -0.2) is 15.0 Å². The minimum Gasteiger partial charge on any atom is -0.382 e. The summed E-state index contributed by atoms with van der Waals surface area (Å²) in [7, 11) is 0. The Bertz CT molecular complexity index is 399. The van der Waals surface area contributed by atoms with E-state index < -0.39 is 0 Å². The van der Waals surface area contributed by atoms with E-state index in [0.29, 0.717) is 5.82 Å². The molecule has 0 bridgehead atoms. The van der Waals surface area contributed by atoms with Crippen LogP contribution in [0.2, 0.25) is 0 Å². The Balaban J connectivity index is 2.48. The molecular formula is C9H8N4. The van der Waals surface area contributed by atoms with E-state index in [2.05, 4.69) is 15.0 Å². The van der Waals surface area contributed by atoms with E-state index in [1.807, 2.05) is 12.1 Å². The summed E-state index contributed by atoms with van der Waals surface area (Å²) in [6.45, 7) is 0. The van der Waals surface area contributed by atoms with Crippen molar-refractivity contribution in [1.82, 2.24) is 15.0 Å². The van der Waals surface area contributed by atoms with Gasteiger partial charge in [-0.25, -0.2) is 4.98 Å². The second kappa shape index (κ2) is 3.18. The van der Waals surface area contributed by atoms with Crippen molar-refractivity contribution in [2.24, 2.45) is 0 Å². The normalized spacial score (nSPS) is 9.85. The Morgan fingerprint density at radius 1 is 1.00 bits per heavy atom. The molecule has 0 spiro atoms. The Kier molecular flexibility index (Phi) is 1.88. The summed E-state index contributed by atoms with van der Waals surface area (Å²) in [5, 5.41) is 0. The number of nitrogen functional groups attached to an aromatic ring is 1. The Morgan fingerprint density at radius 3 is 2.46 bits per heavy atom. The molecule has 0 saturated heterocycles. The molecule has 0 aromatic carbocycles. The molecule has 0 amide bonds. The molecule has 0 atom stereocenters. The summed E-state index contributed by atoms with van der Waals surface area (Å²) in [5.41, 5.74) is 7.24. The summed E-state index contributed by atoms with van der Waals surface area (Å²) in [4.78, 5) is 12.0. The molecule has 0 saturated carbocycles. The fraction of sp³-hybridized carbons (Fsp3) is 0. The first-order chi connectivity index (χ1) is 6.36. The maximum atomic E-state index is 5.51. The lowest BCUT2D eigenvalue weighted by atomic mass is 10.2. The van der Waals surface area contributed by atoms with Gasteiger partial charge in [-0.3, -0.25) is 9.97 Å². The molecule has 4 nitrogen and oxygen atoms in total. The second-order valence-electron chi connectivity index (χ2n) is 2.57. The summed E-state index contributed by atoms with van der Waals surface area (Å²) < 4.78 is 0. The van der Waals surface area contributed by atoms with E-state index in [1.165, 1.54) is 6.20 Å². The van der Waals surface area contributed by atoms with Crippen LogP contribution in [0.1, 0.15) is 0 Å². The highest BCUT2D eigenvalue weighted by molar-refractivity contribution is 5.58. The van der Waals surface area contributed by atoms with E-state index in [-0.39, 0.29) is 0 Å². The number of anilines is 1. The largest absolute Gasteiger partial charge is 0.382 e. The molecule has 13 heavy (non-hydrogen) atoms. The topological polar surface area (TPSA) is 64.7 Å². The summed E-state index contributed by atoms with van der Waals surface area (Å²) in [6, 6.07) is 3.73. The van der Waals surface area contributed by atoms with Gasteiger partial charge in [-0.05, 0) is 12.1 Å². The van der Waals surface area contributed by atoms with Gasteiger partial charge in [-0.1, -0.05) is 0 Å². The quantitative estimate of drug-likeness (QED) is 0.700. The summed E-state index contributed by atoms with van der Waals surface area (Å²) in [5.74, 6) is 0.425. The van der Waals surface area contributed by atoms with E-state index in [4.69, 9.17) is 5.73 Å². The Morgan fingerprint density at radius 2 is 1.77 bits per heavy atom. The minimum atomic E-state index is 0.425. The fourth-order valence-electron chi connectivity index (χ4n) is 1.04. The van der Waals surface area contributed by atoms with E-state index in [0.717, 1.165) is 11.3 Å². The monoisotopic (exact) mass is 172 g/mol. The number of aromatic nitrogens is 3. The van der Waals surface area contributed by atoms with Crippen LogP contribution in [0.4, 0.5) is 5.82 Å². The van der Waals surface area contributed by atoms with Crippen LogP contribution in [0.5, 0.6) is 0 Å². The molecule has 0 aliphatic carbocycles. The van der Waals surface area contributed by atoms with Gasteiger partial charge in [0, 0.05) is 18.0 Å². The zero-order valence-corrected chi connectivity index (χ0v) is 6.88. The smallest absolute Gasteiger partial charge is 0.142 e. The second-order valence-corrected chi connectivity index (χ2v) is 2.57. The molecule has 64 valence electrons. The van der Waals surface area contributed by atoms with Crippen LogP contribution < -0.4 is 5.73 Å². The van der Waals surface area contributed by atoms with Crippen LogP contribution in [0, 0.1) is 0 Å². The third kappa shape index (κ3) is 1.61. The SMILES string of the molecule is Nc1cncc(-c2ccncc2)n1. The lowest BCUT2D eigenvalue weighted by Gasteiger charge is -1.99. The zero-order valence-electron chi connectivity index (χ0n) is 6.88. The zero-order chi connectivity index (χ0) is 9.10. The van der Waals surface area contributed by atoms with Gasteiger partial charge in [0.15, 0.2) is 0 Å². The van der Waals surface area contributed by atoms with Crippen LogP contribution in [0.3, 0.4) is 0 Å². The molecule has 2 aromatic heterocycles. The number of pyridine rings is 1. The van der Waals surface area contributed by atoms with Crippen LogP contribution in [-0.2, 0) is 0 Å². The summed E-state index contributed by atoms with van der Waals surface area (Å²) >= 11 is 0. The molecule has 2 N–H and O–H groups in total. The molecule has 4 heteroatoms. The average Bonchev–Trinajstić information content (AvgIpc) is 2.19. The van der Waals surface area contributed by atoms with Crippen LogP contribution >= 0.6 is 0 Å². The Hall–Kier alpha value is -1.97. The number of rotatable bonds is 1. The Labute approximate surface area is 75.5 Å². The van der Waals surface area contributed by atoms with Crippen molar-refractivity contribution < 1.29 is 0 Å². The first-order valence-corrected chi connectivity index (χ1v) is 3.84. The van der Waals surface area contributed by atoms with Gasteiger partial charge in [0.25, 0.3) is 0 Å². The molecular weight excluding hydrogens is 164 g/mol. The van der Waals surface area contributed by atoms with Gasteiger partial charge >= 0.3 is 0 Å².